The zero-order valence-corrected chi connectivity index (χ0v) is 13.2. The summed E-state index contributed by atoms with van der Waals surface area (Å²) in [6.45, 7) is 2.50. The maximum Gasteiger partial charge on any atom is 0.314 e. The van der Waals surface area contributed by atoms with E-state index in [0.29, 0.717) is 24.9 Å². The molecule has 1 aromatic carbocycles. The van der Waals surface area contributed by atoms with Gasteiger partial charge in [-0.3, -0.25) is 4.79 Å². The molecule has 1 aliphatic carbocycles. The fourth-order valence-corrected chi connectivity index (χ4v) is 3.59. The predicted octanol–water partition coefficient (Wildman–Crippen LogP) is 2.22. The molecule has 0 bridgehead atoms. The second-order valence-electron chi connectivity index (χ2n) is 5.59. The van der Waals surface area contributed by atoms with Crippen LogP contribution in [0.1, 0.15) is 38.2 Å². The van der Waals surface area contributed by atoms with Crippen molar-refractivity contribution in [1.29, 1.82) is 0 Å². The summed E-state index contributed by atoms with van der Waals surface area (Å²) >= 11 is 0. The zero-order valence-electron chi connectivity index (χ0n) is 12.4. The number of unbranched alkanes of at least 4 members (excludes halogenated alkanes) is 1. The lowest BCUT2D eigenvalue weighted by Gasteiger charge is -2.17. The van der Waals surface area contributed by atoms with Crippen LogP contribution in [0, 0.1) is 0 Å². The largest absolute Gasteiger partial charge is 0.481 e. The summed E-state index contributed by atoms with van der Waals surface area (Å²) in [7, 11) is -1.92. The van der Waals surface area contributed by atoms with Gasteiger partial charge in [0, 0.05) is 13.6 Å². The van der Waals surface area contributed by atoms with Gasteiger partial charge in [-0.25, -0.2) is 12.7 Å². The lowest BCUT2D eigenvalue weighted by atomic mass is 9.96. The van der Waals surface area contributed by atoms with E-state index in [1.807, 2.05) is 6.92 Å². The molecular formula is C15H21NO4S. The molecule has 0 heterocycles. The van der Waals surface area contributed by atoms with Crippen molar-refractivity contribution < 1.29 is 18.3 Å². The Balaban J connectivity index is 2.21. The molecule has 1 N–H and O–H groups in total. The minimum absolute atomic E-state index is 0.214. The highest BCUT2D eigenvalue weighted by atomic mass is 32.2. The van der Waals surface area contributed by atoms with E-state index in [0.717, 1.165) is 12.8 Å². The molecule has 0 unspecified atom stereocenters. The summed E-state index contributed by atoms with van der Waals surface area (Å²) < 4.78 is 26.1. The first kappa shape index (κ1) is 16.0. The van der Waals surface area contributed by atoms with E-state index in [9.17, 15) is 18.3 Å². The smallest absolute Gasteiger partial charge is 0.314 e. The van der Waals surface area contributed by atoms with Crippen LogP contribution >= 0.6 is 0 Å². The van der Waals surface area contributed by atoms with Crippen molar-refractivity contribution >= 4 is 16.0 Å². The van der Waals surface area contributed by atoms with Crippen molar-refractivity contribution in [2.45, 2.75) is 42.9 Å². The normalized spacial score (nSPS) is 16.9. The van der Waals surface area contributed by atoms with Gasteiger partial charge in [-0.05, 0) is 37.0 Å². The van der Waals surface area contributed by atoms with Gasteiger partial charge in [0.15, 0.2) is 0 Å². The van der Waals surface area contributed by atoms with Gasteiger partial charge in [0.2, 0.25) is 10.0 Å². The molecule has 21 heavy (non-hydrogen) atoms. The molecule has 0 aliphatic heterocycles. The van der Waals surface area contributed by atoms with E-state index in [1.165, 1.54) is 16.4 Å². The summed E-state index contributed by atoms with van der Waals surface area (Å²) in [6, 6.07) is 6.27. The summed E-state index contributed by atoms with van der Waals surface area (Å²) in [6.07, 6.45) is 2.98. The molecule has 1 fully saturated rings. The van der Waals surface area contributed by atoms with Crippen molar-refractivity contribution in [2.24, 2.45) is 0 Å². The average Bonchev–Trinajstić information content (AvgIpc) is 3.26. The lowest BCUT2D eigenvalue weighted by Crippen LogP contribution is -2.28. The van der Waals surface area contributed by atoms with Crippen LogP contribution in [0.25, 0.3) is 0 Å². The number of carboxylic acids is 1. The second-order valence-corrected chi connectivity index (χ2v) is 7.64. The number of carboxylic acid groups (broad SMARTS) is 1. The molecular weight excluding hydrogens is 290 g/mol. The van der Waals surface area contributed by atoms with Gasteiger partial charge in [0.05, 0.1) is 10.3 Å². The number of sulfonamides is 1. The first-order valence-corrected chi connectivity index (χ1v) is 8.59. The van der Waals surface area contributed by atoms with Crippen LogP contribution in [0.4, 0.5) is 0 Å². The fourth-order valence-electron chi connectivity index (χ4n) is 2.38. The maximum absolute atomic E-state index is 12.4. The topological polar surface area (TPSA) is 74.7 Å². The Morgan fingerprint density at radius 3 is 2.29 bits per heavy atom. The third-order valence-corrected chi connectivity index (χ3v) is 5.97. The fraction of sp³-hybridized carbons (Fsp3) is 0.533. The number of benzene rings is 1. The van der Waals surface area contributed by atoms with Crippen molar-refractivity contribution in [2.75, 3.05) is 13.6 Å². The molecule has 1 aliphatic rings. The number of hydrogen-bond acceptors (Lipinski definition) is 3. The van der Waals surface area contributed by atoms with Crippen molar-refractivity contribution in [3.05, 3.63) is 29.8 Å². The van der Waals surface area contributed by atoms with E-state index in [1.54, 1.807) is 19.2 Å². The van der Waals surface area contributed by atoms with Crippen LogP contribution in [-0.4, -0.2) is 37.4 Å². The van der Waals surface area contributed by atoms with Crippen LogP contribution in [0.15, 0.2) is 29.2 Å². The molecule has 0 spiro atoms. The van der Waals surface area contributed by atoms with Gasteiger partial charge in [0.25, 0.3) is 0 Å². The molecule has 116 valence electrons. The van der Waals surface area contributed by atoms with Gasteiger partial charge in [-0.1, -0.05) is 25.5 Å². The van der Waals surface area contributed by atoms with E-state index in [-0.39, 0.29) is 4.90 Å². The number of hydrogen-bond donors (Lipinski definition) is 1. The number of carbonyl (C=O) groups is 1. The van der Waals surface area contributed by atoms with Crippen LogP contribution < -0.4 is 0 Å². The van der Waals surface area contributed by atoms with E-state index < -0.39 is 21.4 Å². The molecule has 2 rings (SSSR count). The van der Waals surface area contributed by atoms with Crippen molar-refractivity contribution in [3.8, 4) is 0 Å². The Morgan fingerprint density at radius 2 is 1.86 bits per heavy atom. The van der Waals surface area contributed by atoms with Gasteiger partial charge in [0.1, 0.15) is 0 Å². The van der Waals surface area contributed by atoms with Gasteiger partial charge >= 0.3 is 5.97 Å². The minimum Gasteiger partial charge on any atom is -0.481 e. The third kappa shape index (κ3) is 2.96. The average molecular weight is 311 g/mol. The molecule has 0 aromatic heterocycles. The second kappa shape index (κ2) is 5.77. The molecule has 0 radical (unpaired) electrons. The highest BCUT2D eigenvalue weighted by Crippen LogP contribution is 2.48. The van der Waals surface area contributed by atoms with Crippen LogP contribution in [-0.2, 0) is 20.2 Å². The summed E-state index contributed by atoms with van der Waals surface area (Å²) in [5.41, 5.74) is -0.110. The monoisotopic (exact) mass is 311 g/mol. The molecule has 6 heteroatoms. The molecule has 0 saturated heterocycles. The summed E-state index contributed by atoms with van der Waals surface area (Å²) in [4.78, 5) is 11.5. The van der Waals surface area contributed by atoms with Crippen LogP contribution in [0.5, 0.6) is 0 Å². The van der Waals surface area contributed by atoms with E-state index in [4.69, 9.17) is 0 Å². The Hall–Kier alpha value is -1.40. The summed E-state index contributed by atoms with van der Waals surface area (Å²) in [5.74, 6) is -0.835. The quantitative estimate of drug-likeness (QED) is 0.838. The maximum atomic E-state index is 12.4. The number of rotatable bonds is 7. The molecule has 1 aromatic rings. The minimum atomic E-state index is -3.49. The molecule has 0 atom stereocenters. The molecule has 5 nitrogen and oxygen atoms in total. The Bertz CT molecular complexity index is 618. The lowest BCUT2D eigenvalue weighted by molar-refractivity contribution is -0.140. The Morgan fingerprint density at radius 1 is 1.29 bits per heavy atom. The highest BCUT2D eigenvalue weighted by Gasteiger charge is 2.51. The standard InChI is InChI=1S/C15H21NO4S/c1-3-4-11-16(2)21(19,20)13-7-5-12(6-8-13)15(9-10-15)14(17)18/h5-8H,3-4,9-11H2,1-2H3,(H,17,18). The van der Waals surface area contributed by atoms with Crippen molar-refractivity contribution in [1.82, 2.24) is 4.31 Å². The van der Waals surface area contributed by atoms with Gasteiger partial charge < -0.3 is 5.11 Å². The SMILES string of the molecule is CCCCN(C)S(=O)(=O)c1ccc(C2(C(=O)O)CC2)cc1. The van der Waals surface area contributed by atoms with Crippen LogP contribution in [0.3, 0.4) is 0 Å². The summed E-state index contributed by atoms with van der Waals surface area (Å²) in [5, 5.41) is 9.25. The Kier molecular flexibility index (Phi) is 4.39. The molecule has 0 amide bonds. The Labute approximate surface area is 125 Å². The van der Waals surface area contributed by atoms with E-state index in [2.05, 4.69) is 0 Å². The molecule has 1 saturated carbocycles. The first-order valence-electron chi connectivity index (χ1n) is 7.15. The third-order valence-electron chi connectivity index (χ3n) is 4.10. The highest BCUT2D eigenvalue weighted by molar-refractivity contribution is 7.89. The van der Waals surface area contributed by atoms with E-state index >= 15 is 0 Å². The number of aliphatic carboxylic acids is 1. The predicted molar refractivity (Wildman–Crippen MR) is 79.7 cm³/mol. The van der Waals surface area contributed by atoms with Crippen molar-refractivity contribution in [3.63, 3.8) is 0 Å². The number of nitrogens with zero attached hydrogens (tertiary/aromatic N) is 1. The van der Waals surface area contributed by atoms with Gasteiger partial charge in [-0.2, -0.15) is 0 Å². The van der Waals surface area contributed by atoms with Crippen LogP contribution in [0.2, 0.25) is 0 Å². The zero-order chi connectivity index (χ0) is 15.7. The first-order chi connectivity index (χ1) is 9.84. The van der Waals surface area contributed by atoms with Gasteiger partial charge in [-0.15, -0.1) is 0 Å².